The van der Waals surface area contributed by atoms with Crippen molar-refractivity contribution in [2.45, 2.75) is 32.1 Å². The molecule has 0 radical (unpaired) electrons. The Morgan fingerprint density at radius 3 is 2.50 bits per heavy atom. The van der Waals surface area contributed by atoms with Gasteiger partial charge in [-0.3, -0.25) is 9.11 Å². The Balaban J connectivity index is 1.80. The smallest absolute Gasteiger partial charge is 0.206 e. The van der Waals surface area contributed by atoms with Crippen LogP contribution in [-0.2, 0) is 0 Å². The zero-order valence-corrected chi connectivity index (χ0v) is 16.2. The van der Waals surface area contributed by atoms with Crippen LogP contribution in [0.25, 0.3) is 0 Å². The molecule has 0 fully saturated rings. The highest BCUT2D eigenvalue weighted by molar-refractivity contribution is 8.26. The average molecular weight is 377 g/mol. The van der Waals surface area contributed by atoms with Crippen molar-refractivity contribution in [1.29, 1.82) is 0 Å². The highest BCUT2D eigenvalue weighted by Crippen LogP contribution is 2.61. The van der Waals surface area contributed by atoms with E-state index in [2.05, 4.69) is 19.2 Å². The summed E-state index contributed by atoms with van der Waals surface area (Å²) in [5.41, 5.74) is 0.789. The number of anilines is 2. The van der Waals surface area contributed by atoms with Crippen LogP contribution in [0.5, 0.6) is 5.75 Å². The molecule has 0 aromatic heterocycles. The molecule has 5 nitrogen and oxygen atoms in total. The van der Waals surface area contributed by atoms with E-state index in [9.17, 15) is 9.11 Å². The number of fused-ring (bicyclic) bond motifs is 1. The number of para-hydroxylation sites is 3. The molecule has 0 saturated carbocycles. The first-order valence-electron chi connectivity index (χ1n) is 9.09. The van der Waals surface area contributed by atoms with Gasteiger partial charge in [0.05, 0.1) is 5.69 Å². The lowest BCUT2D eigenvalue weighted by molar-refractivity contribution is 0.235. The van der Waals surface area contributed by atoms with E-state index in [1.54, 1.807) is 4.31 Å². The Bertz CT molecular complexity index is 709. The topological polar surface area (TPSA) is 65.0 Å². The van der Waals surface area contributed by atoms with Gasteiger partial charge in [-0.05, 0) is 49.7 Å². The van der Waals surface area contributed by atoms with Gasteiger partial charge in [-0.2, -0.15) is 0 Å². The first-order chi connectivity index (χ1) is 12.5. The minimum absolute atomic E-state index is 0.575. The van der Waals surface area contributed by atoms with E-state index in [0.717, 1.165) is 25.2 Å². The molecule has 0 saturated heterocycles. The van der Waals surface area contributed by atoms with Crippen LogP contribution in [0.4, 0.5) is 11.4 Å². The van der Waals surface area contributed by atoms with E-state index >= 15 is 0 Å². The summed E-state index contributed by atoms with van der Waals surface area (Å²) in [6, 6.07) is 17.0. The van der Waals surface area contributed by atoms with E-state index in [1.807, 2.05) is 54.6 Å². The summed E-state index contributed by atoms with van der Waals surface area (Å²) in [5.74, 6) is 1.28. The van der Waals surface area contributed by atoms with Gasteiger partial charge in [0.15, 0.2) is 0 Å². The maximum atomic E-state index is 11.1. The molecule has 0 bridgehead atoms. The fourth-order valence-electron chi connectivity index (χ4n) is 3.05. The number of hydrogen-bond acceptors (Lipinski definition) is 5. The maximum Gasteiger partial charge on any atom is 0.206 e. The summed E-state index contributed by atoms with van der Waals surface area (Å²) < 4.78 is 29.7. The molecule has 0 aliphatic carbocycles. The Morgan fingerprint density at radius 1 is 1.08 bits per heavy atom. The van der Waals surface area contributed by atoms with Crippen LogP contribution in [0.3, 0.4) is 0 Å². The van der Waals surface area contributed by atoms with Gasteiger partial charge in [-0.1, -0.05) is 55.0 Å². The molecule has 1 aliphatic rings. The Kier molecular flexibility index (Phi) is 6.09. The molecule has 1 heterocycles. The summed E-state index contributed by atoms with van der Waals surface area (Å²) >= 11 is 0. The average Bonchev–Trinajstić information content (AvgIpc) is 2.62. The van der Waals surface area contributed by atoms with Gasteiger partial charge in [-0.15, -0.1) is 0 Å². The quantitative estimate of drug-likeness (QED) is 0.577. The summed E-state index contributed by atoms with van der Waals surface area (Å²) in [5, 5.41) is 3.39. The molecule has 3 rings (SSSR count). The molecule has 2 aromatic carbocycles. The summed E-state index contributed by atoms with van der Waals surface area (Å²) in [7, 11) is -3.15. The molecule has 0 spiro atoms. The van der Waals surface area contributed by atoms with Gasteiger partial charge >= 0.3 is 0 Å². The SMILES string of the molecule is CC(C)CNCCCC1Oc2ccccc2N(c2ccccc2)S1(O)O. The highest BCUT2D eigenvalue weighted by Gasteiger charge is 2.40. The predicted octanol–water partition coefficient (Wildman–Crippen LogP) is 5.23. The fourth-order valence-corrected chi connectivity index (χ4v) is 4.88. The maximum absolute atomic E-state index is 11.1. The minimum Gasteiger partial charge on any atom is -0.467 e. The molecular formula is C20H28N2O3S. The van der Waals surface area contributed by atoms with Crippen molar-refractivity contribution in [2.24, 2.45) is 5.92 Å². The van der Waals surface area contributed by atoms with Crippen molar-refractivity contribution in [2.75, 3.05) is 17.4 Å². The Morgan fingerprint density at radius 2 is 1.77 bits per heavy atom. The van der Waals surface area contributed by atoms with Crippen LogP contribution in [-0.4, -0.2) is 27.6 Å². The first-order valence-corrected chi connectivity index (χ1v) is 10.7. The molecular weight excluding hydrogens is 348 g/mol. The predicted molar refractivity (Wildman–Crippen MR) is 109 cm³/mol. The number of ether oxygens (including phenoxy) is 1. The van der Waals surface area contributed by atoms with Gasteiger partial charge < -0.3 is 10.1 Å². The van der Waals surface area contributed by atoms with Crippen molar-refractivity contribution in [3.63, 3.8) is 0 Å². The van der Waals surface area contributed by atoms with Crippen LogP contribution < -0.4 is 14.4 Å². The Labute approximate surface area is 157 Å². The number of hydrogen-bond donors (Lipinski definition) is 3. The van der Waals surface area contributed by atoms with Gasteiger partial charge in [0, 0.05) is 6.42 Å². The lowest BCUT2D eigenvalue weighted by atomic mass is 10.2. The second kappa shape index (κ2) is 8.31. The van der Waals surface area contributed by atoms with Crippen LogP contribution in [0.15, 0.2) is 54.6 Å². The summed E-state index contributed by atoms with van der Waals surface area (Å²) in [6.07, 6.45) is 1.39. The number of nitrogens with one attached hydrogen (secondary N) is 1. The number of rotatable bonds is 7. The molecule has 1 unspecified atom stereocenters. The normalized spacial score (nSPS) is 19.7. The molecule has 142 valence electrons. The fraction of sp³-hybridized carbons (Fsp3) is 0.400. The molecule has 1 atom stereocenters. The molecule has 26 heavy (non-hydrogen) atoms. The Hall–Kier alpha value is -1.73. The zero-order valence-electron chi connectivity index (χ0n) is 15.3. The monoisotopic (exact) mass is 376 g/mol. The third kappa shape index (κ3) is 4.15. The van der Waals surface area contributed by atoms with Crippen LogP contribution in [0, 0.1) is 5.92 Å². The van der Waals surface area contributed by atoms with Gasteiger partial charge in [0.2, 0.25) is 5.44 Å². The van der Waals surface area contributed by atoms with Crippen LogP contribution in [0.2, 0.25) is 0 Å². The second-order valence-corrected chi connectivity index (χ2v) is 8.96. The van der Waals surface area contributed by atoms with Crippen molar-refractivity contribution in [1.82, 2.24) is 5.32 Å². The lowest BCUT2D eigenvalue weighted by Gasteiger charge is -2.51. The summed E-state index contributed by atoms with van der Waals surface area (Å²) in [6.45, 7) is 6.13. The first kappa shape index (κ1) is 19.0. The second-order valence-electron chi connectivity index (χ2n) is 6.95. The lowest BCUT2D eigenvalue weighted by Crippen LogP contribution is -2.39. The molecule has 0 amide bonds. The van der Waals surface area contributed by atoms with E-state index in [-0.39, 0.29) is 0 Å². The molecule has 1 aliphatic heterocycles. The van der Waals surface area contributed by atoms with E-state index in [1.165, 1.54) is 0 Å². The van der Waals surface area contributed by atoms with E-state index in [0.29, 0.717) is 23.8 Å². The van der Waals surface area contributed by atoms with Crippen molar-refractivity contribution >= 4 is 22.2 Å². The standard InChI is InChI=1S/C20H28N2O3S/c1-16(2)15-21-14-8-13-20-25-19-12-7-6-11-18(19)22(26(20,23)24)17-9-4-3-5-10-17/h3-7,9-12,16,20-21,23-24H,8,13-15H2,1-2H3. The van der Waals surface area contributed by atoms with Gasteiger partial charge in [0.25, 0.3) is 0 Å². The number of benzene rings is 2. The number of nitrogens with zero attached hydrogens (tertiary/aromatic N) is 1. The van der Waals surface area contributed by atoms with Crippen LogP contribution >= 0.6 is 10.8 Å². The van der Waals surface area contributed by atoms with Crippen LogP contribution in [0.1, 0.15) is 26.7 Å². The largest absolute Gasteiger partial charge is 0.467 e. The van der Waals surface area contributed by atoms with Gasteiger partial charge in [-0.25, -0.2) is 4.31 Å². The van der Waals surface area contributed by atoms with Crippen molar-refractivity contribution < 1.29 is 13.8 Å². The summed E-state index contributed by atoms with van der Waals surface area (Å²) in [4.78, 5) is 0. The third-order valence-electron chi connectivity index (χ3n) is 4.30. The van der Waals surface area contributed by atoms with Crippen molar-refractivity contribution in [3.8, 4) is 5.75 Å². The van der Waals surface area contributed by atoms with Gasteiger partial charge in [0.1, 0.15) is 11.4 Å². The molecule has 2 aromatic rings. The van der Waals surface area contributed by atoms with E-state index in [4.69, 9.17) is 4.74 Å². The van der Waals surface area contributed by atoms with Crippen molar-refractivity contribution in [3.05, 3.63) is 54.6 Å². The highest BCUT2D eigenvalue weighted by atomic mass is 32.3. The minimum atomic E-state index is -3.15. The molecule has 6 heteroatoms. The van der Waals surface area contributed by atoms with E-state index < -0.39 is 16.2 Å². The third-order valence-corrected chi connectivity index (χ3v) is 6.28. The zero-order chi connectivity index (χ0) is 18.6. The molecule has 3 N–H and O–H groups in total.